The van der Waals surface area contributed by atoms with Gasteiger partial charge in [0.15, 0.2) is 0 Å². The third-order valence-electron chi connectivity index (χ3n) is 8.74. The van der Waals surface area contributed by atoms with Crippen molar-refractivity contribution in [3.05, 3.63) is 146 Å². The zero-order chi connectivity index (χ0) is 40.8. The van der Waals surface area contributed by atoms with Crippen LogP contribution in [0.2, 0.25) is 0 Å². The molecule has 0 aliphatic carbocycles. The summed E-state index contributed by atoms with van der Waals surface area (Å²) in [5.41, 5.74) is 1.28. The quantitative estimate of drug-likeness (QED) is 0.105. The van der Waals surface area contributed by atoms with Gasteiger partial charge in [-0.2, -0.15) is 30.7 Å². The van der Waals surface area contributed by atoms with Gasteiger partial charge < -0.3 is 29.7 Å². The first kappa shape index (κ1) is 41.4. The van der Waals surface area contributed by atoms with Gasteiger partial charge in [0.1, 0.15) is 15.9 Å². The van der Waals surface area contributed by atoms with E-state index in [4.69, 9.17) is 4.74 Å². The predicted octanol–water partition coefficient (Wildman–Crippen LogP) is 9.28. The van der Waals surface area contributed by atoms with Gasteiger partial charge in [-0.1, -0.05) is 126 Å². The summed E-state index contributed by atoms with van der Waals surface area (Å²) in [5.74, 6) is -1.00. The maximum atomic E-state index is 12.4. The van der Waals surface area contributed by atoms with E-state index in [0.29, 0.717) is 22.1 Å². The smallest absolute Gasteiger partial charge is 0.871 e. The molecule has 8 aromatic rings. The van der Waals surface area contributed by atoms with Crippen molar-refractivity contribution in [2.24, 2.45) is 30.7 Å². The fourth-order valence-corrected chi connectivity index (χ4v) is 6.60. The maximum Gasteiger partial charge on any atom is 3.00 e. The van der Waals surface area contributed by atoms with Crippen LogP contribution < -0.4 is 25.2 Å². The Morgan fingerprint density at radius 1 is 0.458 bits per heavy atom. The molecule has 0 fully saturated rings. The van der Waals surface area contributed by atoms with Crippen molar-refractivity contribution in [2.75, 3.05) is 7.11 Å². The van der Waals surface area contributed by atoms with E-state index in [0.717, 1.165) is 22.6 Å². The van der Waals surface area contributed by atoms with Crippen LogP contribution in [0.15, 0.2) is 181 Å². The van der Waals surface area contributed by atoms with E-state index in [1.165, 1.54) is 36.4 Å². The molecule has 0 amide bonds. The number of rotatable bonds is 8. The van der Waals surface area contributed by atoms with Gasteiger partial charge in [-0.3, -0.25) is 0 Å². The van der Waals surface area contributed by atoms with Gasteiger partial charge in [-0.05, 0) is 53.2 Å². The van der Waals surface area contributed by atoms with Crippen molar-refractivity contribution in [3.63, 3.8) is 0 Å². The van der Waals surface area contributed by atoms with Gasteiger partial charge in [0, 0.05) is 21.5 Å². The molecule has 8 rings (SSSR count). The van der Waals surface area contributed by atoms with Gasteiger partial charge in [-0.15, -0.1) is 0 Å². The molecule has 0 saturated carbocycles. The summed E-state index contributed by atoms with van der Waals surface area (Å²) in [6.45, 7) is 0. The van der Waals surface area contributed by atoms with E-state index in [1.54, 1.807) is 79.9 Å². The van der Waals surface area contributed by atoms with Crippen molar-refractivity contribution in [1.82, 2.24) is 0 Å². The van der Waals surface area contributed by atoms with Crippen LogP contribution in [-0.2, 0) is 27.5 Å². The molecule has 0 unspecified atom stereocenters. The molecule has 291 valence electrons. The van der Waals surface area contributed by atoms with Crippen LogP contribution in [-0.4, -0.2) is 20.1 Å². The van der Waals surface area contributed by atoms with Crippen molar-refractivity contribution >= 4 is 76.6 Å². The van der Waals surface area contributed by atoms with Crippen molar-refractivity contribution < 1.29 is 55.5 Å². The van der Waals surface area contributed by atoms with Gasteiger partial charge >= 0.3 is 17.4 Å². The summed E-state index contributed by atoms with van der Waals surface area (Å²) in [7, 11) is -3.26. The Kier molecular flexibility index (Phi) is 12.6. The number of benzene rings is 8. The Hall–Kier alpha value is -7.22. The predicted molar refractivity (Wildman–Crippen MR) is 210 cm³/mol. The monoisotopic (exact) mass is 839 g/mol. The molecule has 59 heavy (non-hydrogen) atoms. The first-order chi connectivity index (χ1) is 28.0. The number of fused-ring (bicyclic) bond motifs is 3. The standard InChI is InChI=1S/C23H18N4O3.C20H14N2O5S.Cr/c1-30-18-10-7-16(8-11-18)24-25-17-9-13-21(28)20(14-17)26-27-23-19-5-3-2-4-15(19)6-12-22(23)29;23-16-10-9-12-5-1-2-6-13(12)19(16)21-22-20-15-8-4-3-7-14(15)18(11-17(20)24)28(25,26)27;/h2-14,28-29H,1H3;1-11,23-24H,(H,25,26,27);/q;;+3/p-5. The Labute approximate surface area is 347 Å². The molecule has 0 heterocycles. The number of nitrogens with zero attached hydrogens (tertiary/aromatic N) is 6. The average Bonchev–Trinajstić information content (AvgIpc) is 3.23. The minimum Gasteiger partial charge on any atom is -0.871 e. The third kappa shape index (κ3) is 9.33. The molecule has 1 radical (unpaired) electrons. The van der Waals surface area contributed by atoms with Crippen LogP contribution in [0, 0.1) is 0 Å². The molecule has 0 bridgehead atoms. The number of azo groups is 3. The van der Waals surface area contributed by atoms with E-state index >= 15 is 0 Å². The van der Waals surface area contributed by atoms with Crippen LogP contribution in [0.25, 0.3) is 32.3 Å². The molecule has 0 spiro atoms. The molecule has 0 saturated heterocycles. The van der Waals surface area contributed by atoms with Gasteiger partial charge in [0.2, 0.25) is 0 Å². The van der Waals surface area contributed by atoms with E-state index in [-0.39, 0.29) is 68.1 Å². The van der Waals surface area contributed by atoms with Gasteiger partial charge in [0.05, 0.1) is 46.1 Å². The fourth-order valence-electron chi connectivity index (χ4n) is 5.90. The first-order valence-corrected chi connectivity index (χ1v) is 18.7. The van der Waals surface area contributed by atoms with Gasteiger partial charge in [0.25, 0.3) is 0 Å². The molecule has 8 aromatic carbocycles. The molecule has 0 aromatic heterocycles. The van der Waals surface area contributed by atoms with E-state index in [2.05, 4.69) is 30.7 Å². The SMILES string of the molecule is COc1ccc(N=Nc2ccc([O-])c(N=Nc3c([O-])ccc4ccccc34)c2)cc1.O=S(=O)([O-])c1cc([O-])c(N=Nc2c([O-])ccc3ccccc23)c2ccccc12.[Cr+3]. The summed E-state index contributed by atoms with van der Waals surface area (Å²) in [6.07, 6.45) is 0. The largest absolute Gasteiger partial charge is 3.00 e. The summed E-state index contributed by atoms with van der Waals surface area (Å²) in [5, 5.41) is 76.5. The molecule has 16 heteroatoms. The van der Waals surface area contributed by atoms with Crippen molar-refractivity contribution in [2.45, 2.75) is 4.90 Å². The number of hydrogen-bond donors (Lipinski definition) is 0. The molecule has 0 N–H and O–H groups in total. The minimum atomic E-state index is -4.84. The summed E-state index contributed by atoms with van der Waals surface area (Å²) >= 11 is 0. The fraction of sp³-hybridized carbons (Fsp3) is 0.0233. The molecule has 0 aliphatic rings. The zero-order valence-corrected chi connectivity index (χ0v) is 32.7. The third-order valence-corrected chi connectivity index (χ3v) is 9.62. The minimum absolute atomic E-state index is 0. The second-order valence-electron chi connectivity index (χ2n) is 12.4. The Morgan fingerprint density at radius 2 is 0.915 bits per heavy atom. The Morgan fingerprint density at radius 3 is 1.47 bits per heavy atom. The molecular weight excluding hydrogens is 813 g/mol. The normalized spacial score (nSPS) is 11.6. The van der Waals surface area contributed by atoms with E-state index < -0.39 is 20.8 Å². The molecular formula is C43H27CrN6O8S-2. The Balaban J connectivity index is 0.000000195. The summed E-state index contributed by atoms with van der Waals surface area (Å²) in [4.78, 5) is -0.610. The summed E-state index contributed by atoms with van der Waals surface area (Å²) < 4.78 is 39.6. The van der Waals surface area contributed by atoms with Gasteiger partial charge in [-0.25, -0.2) is 8.42 Å². The number of methoxy groups -OCH3 is 1. The number of hydrogen-bond acceptors (Lipinski definition) is 14. The second kappa shape index (κ2) is 17.9. The molecule has 0 aliphatic heterocycles. The summed E-state index contributed by atoms with van der Waals surface area (Å²) in [6, 6.07) is 38.9. The molecule has 14 nitrogen and oxygen atoms in total. The average molecular weight is 840 g/mol. The topological polar surface area (TPSA) is 233 Å². The van der Waals surface area contributed by atoms with Crippen LogP contribution in [0.1, 0.15) is 0 Å². The maximum absolute atomic E-state index is 12.4. The number of ether oxygens (including phenoxy) is 1. The molecule has 0 atom stereocenters. The van der Waals surface area contributed by atoms with E-state index in [9.17, 15) is 33.4 Å². The van der Waals surface area contributed by atoms with Crippen LogP contribution in [0.5, 0.6) is 28.7 Å². The Bertz CT molecular complexity index is 3040. The zero-order valence-electron chi connectivity index (χ0n) is 30.6. The first-order valence-electron chi connectivity index (χ1n) is 17.3. The van der Waals surface area contributed by atoms with Crippen LogP contribution >= 0.6 is 0 Å². The van der Waals surface area contributed by atoms with E-state index in [1.807, 2.05) is 30.3 Å². The van der Waals surface area contributed by atoms with Crippen LogP contribution in [0.3, 0.4) is 0 Å². The van der Waals surface area contributed by atoms with Crippen molar-refractivity contribution in [1.29, 1.82) is 0 Å². The van der Waals surface area contributed by atoms with Crippen LogP contribution in [0.4, 0.5) is 34.1 Å². The van der Waals surface area contributed by atoms with Crippen molar-refractivity contribution in [3.8, 4) is 28.7 Å². The second-order valence-corrected chi connectivity index (χ2v) is 13.8.